The van der Waals surface area contributed by atoms with Gasteiger partial charge >= 0.3 is 0 Å². The minimum atomic E-state index is -3.83. The predicted octanol–water partition coefficient (Wildman–Crippen LogP) is 2.25. The van der Waals surface area contributed by atoms with Crippen molar-refractivity contribution in [2.24, 2.45) is 0 Å². The van der Waals surface area contributed by atoms with E-state index in [9.17, 15) is 18.3 Å². The number of para-hydroxylation sites is 1. The van der Waals surface area contributed by atoms with E-state index in [4.69, 9.17) is 0 Å². The average Bonchev–Trinajstić information content (AvgIpc) is 2.97. The molecule has 0 radical (unpaired) electrons. The van der Waals surface area contributed by atoms with Gasteiger partial charge in [0.15, 0.2) is 11.5 Å². The van der Waals surface area contributed by atoms with Crippen molar-refractivity contribution < 1.29 is 18.3 Å². The Morgan fingerprint density at radius 1 is 1.23 bits per heavy atom. The van der Waals surface area contributed by atoms with E-state index in [0.717, 1.165) is 15.6 Å². The van der Waals surface area contributed by atoms with Gasteiger partial charge in [0.25, 0.3) is 15.9 Å². The van der Waals surface area contributed by atoms with Crippen molar-refractivity contribution in [3.63, 3.8) is 0 Å². The summed E-state index contributed by atoms with van der Waals surface area (Å²) in [5.41, 5.74) is 0.217. The first-order valence-corrected chi connectivity index (χ1v) is 8.61. The molecule has 0 saturated carbocycles. The van der Waals surface area contributed by atoms with Crippen LogP contribution >= 0.6 is 11.3 Å². The molecule has 0 atom stereocenters. The van der Waals surface area contributed by atoms with Crippen molar-refractivity contribution in [2.75, 3.05) is 12.4 Å². The third-order valence-corrected chi connectivity index (χ3v) is 6.12. The lowest BCUT2D eigenvalue weighted by atomic mass is 10.2. The Morgan fingerprint density at radius 3 is 2.59 bits per heavy atom. The van der Waals surface area contributed by atoms with Gasteiger partial charge in [-0.25, -0.2) is 8.42 Å². The molecule has 0 saturated heterocycles. The highest BCUT2D eigenvalue weighted by Crippen LogP contribution is 2.38. The number of thiophene rings is 1. The maximum atomic E-state index is 12.4. The molecule has 22 heavy (non-hydrogen) atoms. The first kappa shape index (κ1) is 14.6. The highest BCUT2D eigenvalue weighted by atomic mass is 32.2. The standard InChI is InChI=1S/C14H12N2O4S2/c1-16-11(14(18)15-9-5-3-2-4-6-9)12(17)13-10(7-8-21-13)22(16,19)20/h2-8,17H,1H3,(H,15,18). The number of amides is 1. The van der Waals surface area contributed by atoms with E-state index in [0.29, 0.717) is 5.69 Å². The number of aliphatic hydroxyl groups is 1. The summed E-state index contributed by atoms with van der Waals surface area (Å²) in [7, 11) is -2.59. The van der Waals surface area contributed by atoms with Gasteiger partial charge in [0.05, 0.1) is 4.88 Å². The minimum Gasteiger partial charge on any atom is -0.504 e. The van der Waals surface area contributed by atoms with Gasteiger partial charge in [-0.3, -0.25) is 9.10 Å². The number of hydrogen-bond acceptors (Lipinski definition) is 5. The van der Waals surface area contributed by atoms with Crippen LogP contribution in [0.1, 0.15) is 4.88 Å². The van der Waals surface area contributed by atoms with Crippen LogP contribution in [0.4, 0.5) is 5.69 Å². The molecule has 1 aromatic carbocycles. The lowest BCUT2D eigenvalue weighted by molar-refractivity contribution is -0.113. The molecular formula is C14H12N2O4S2. The van der Waals surface area contributed by atoms with E-state index in [1.807, 2.05) is 0 Å². The zero-order valence-corrected chi connectivity index (χ0v) is 13.1. The number of nitrogens with one attached hydrogen (secondary N) is 1. The molecule has 0 unspecified atom stereocenters. The molecule has 0 bridgehead atoms. The Bertz CT molecular complexity index is 869. The van der Waals surface area contributed by atoms with Gasteiger partial charge in [0.2, 0.25) is 0 Å². The Kier molecular flexibility index (Phi) is 3.42. The summed E-state index contributed by atoms with van der Waals surface area (Å²) in [6.45, 7) is 0. The first-order valence-electron chi connectivity index (χ1n) is 6.29. The summed E-state index contributed by atoms with van der Waals surface area (Å²) in [4.78, 5) is 12.6. The van der Waals surface area contributed by atoms with Crippen LogP contribution in [0.3, 0.4) is 0 Å². The fraction of sp³-hybridized carbons (Fsp3) is 0.0714. The Hall–Kier alpha value is -2.32. The third-order valence-electron chi connectivity index (χ3n) is 3.27. The quantitative estimate of drug-likeness (QED) is 0.880. The number of aliphatic hydroxyl groups excluding tert-OH is 1. The summed E-state index contributed by atoms with van der Waals surface area (Å²) in [6, 6.07) is 10.0. The molecule has 8 heteroatoms. The zero-order chi connectivity index (χ0) is 15.9. The van der Waals surface area contributed by atoms with Gasteiger partial charge in [-0.15, -0.1) is 11.3 Å². The number of hydrogen-bond donors (Lipinski definition) is 2. The molecule has 1 aromatic heterocycles. The number of carbonyl (C=O) groups excluding carboxylic acids is 1. The SMILES string of the molecule is CN1C(C(=O)Nc2ccccc2)=C(O)c2sccc2S1(=O)=O. The molecule has 3 rings (SSSR count). The topological polar surface area (TPSA) is 86.7 Å². The zero-order valence-electron chi connectivity index (χ0n) is 11.5. The Labute approximate surface area is 131 Å². The summed E-state index contributed by atoms with van der Waals surface area (Å²) in [5, 5.41) is 14.4. The van der Waals surface area contributed by atoms with Crippen LogP contribution < -0.4 is 5.32 Å². The number of anilines is 1. The van der Waals surface area contributed by atoms with Crippen molar-refractivity contribution >= 4 is 38.7 Å². The number of nitrogens with zero attached hydrogens (tertiary/aromatic N) is 1. The second kappa shape index (κ2) is 5.15. The number of carbonyl (C=O) groups is 1. The van der Waals surface area contributed by atoms with E-state index in [1.165, 1.54) is 13.1 Å². The van der Waals surface area contributed by atoms with Crippen LogP contribution in [-0.2, 0) is 14.8 Å². The third kappa shape index (κ3) is 2.16. The summed E-state index contributed by atoms with van der Waals surface area (Å²) < 4.78 is 25.6. The molecule has 2 N–H and O–H groups in total. The van der Waals surface area contributed by atoms with E-state index in [2.05, 4.69) is 5.32 Å². The number of sulfonamides is 1. The van der Waals surface area contributed by atoms with Crippen LogP contribution in [0, 0.1) is 0 Å². The normalized spacial score (nSPS) is 16.3. The van der Waals surface area contributed by atoms with Gasteiger partial charge in [-0.1, -0.05) is 18.2 Å². The van der Waals surface area contributed by atoms with Crippen LogP contribution in [0.15, 0.2) is 52.4 Å². The first-order chi connectivity index (χ1) is 10.4. The van der Waals surface area contributed by atoms with Gasteiger partial charge in [-0.2, -0.15) is 0 Å². The van der Waals surface area contributed by atoms with E-state index >= 15 is 0 Å². The summed E-state index contributed by atoms with van der Waals surface area (Å²) >= 11 is 1.07. The van der Waals surface area contributed by atoms with Crippen molar-refractivity contribution in [3.05, 3.63) is 52.4 Å². The summed E-state index contributed by atoms with van der Waals surface area (Å²) in [6.07, 6.45) is 0. The number of fused-ring (bicyclic) bond motifs is 1. The molecule has 1 aliphatic heterocycles. The molecule has 0 fully saturated rings. The highest BCUT2D eigenvalue weighted by Gasteiger charge is 2.38. The van der Waals surface area contributed by atoms with Crippen molar-refractivity contribution in [1.29, 1.82) is 0 Å². The number of rotatable bonds is 2. The molecular weight excluding hydrogens is 324 g/mol. The van der Waals surface area contributed by atoms with Gasteiger partial charge in [-0.05, 0) is 23.6 Å². The van der Waals surface area contributed by atoms with Crippen LogP contribution in [-0.4, -0.2) is 30.8 Å². The summed E-state index contributed by atoms with van der Waals surface area (Å²) in [5.74, 6) is -1.02. The molecule has 2 heterocycles. The minimum absolute atomic E-state index is 0.00811. The van der Waals surface area contributed by atoms with E-state index in [1.54, 1.807) is 35.7 Å². The fourth-order valence-corrected chi connectivity index (χ4v) is 4.71. The molecule has 6 nitrogen and oxygen atoms in total. The largest absolute Gasteiger partial charge is 0.504 e. The van der Waals surface area contributed by atoms with Crippen molar-refractivity contribution in [1.82, 2.24) is 4.31 Å². The van der Waals surface area contributed by atoms with Crippen molar-refractivity contribution in [2.45, 2.75) is 4.90 Å². The van der Waals surface area contributed by atoms with E-state index < -0.39 is 15.9 Å². The van der Waals surface area contributed by atoms with Crippen LogP contribution in [0.5, 0.6) is 0 Å². The number of benzene rings is 1. The fourth-order valence-electron chi connectivity index (χ4n) is 2.16. The maximum Gasteiger partial charge on any atom is 0.276 e. The van der Waals surface area contributed by atoms with Crippen LogP contribution in [0.2, 0.25) is 0 Å². The second-order valence-electron chi connectivity index (χ2n) is 4.60. The number of likely N-dealkylation sites (N-methyl/N-ethyl adjacent to an activating group) is 1. The maximum absolute atomic E-state index is 12.4. The van der Waals surface area contributed by atoms with Crippen molar-refractivity contribution in [3.8, 4) is 0 Å². The average molecular weight is 336 g/mol. The molecule has 0 aliphatic carbocycles. The molecule has 1 amide bonds. The molecule has 0 spiro atoms. The lowest BCUT2D eigenvalue weighted by Crippen LogP contribution is -2.36. The smallest absolute Gasteiger partial charge is 0.276 e. The Balaban J connectivity index is 2.06. The van der Waals surface area contributed by atoms with Gasteiger partial charge < -0.3 is 10.4 Å². The second-order valence-corrected chi connectivity index (χ2v) is 7.46. The predicted molar refractivity (Wildman–Crippen MR) is 83.9 cm³/mol. The lowest BCUT2D eigenvalue weighted by Gasteiger charge is -2.26. The highest BCUT2D eigenvalue weighted by molar-refractivity contribution is 7.89. The molecule has 114 valence electrons. The van der Waals surface area contributed by atoms with Crippen LogP contribution in [0.25, 0.3) is 5.76 Å². The Morgan fingerprint density at radius 2 is 1.91 bits per heavy atom. The van der Waals surface area contributed by atoms with E-state index in [-0.39, 0.29) is 21.2 Å². The molecule has 1 aliphatic rings. The van der Waals surface area contributed by atoms with Gasteiger partial charge in [0.1, 0.15) is 4.90 Å². The molecule has 2 aromatic rings. The van der Waals surface area contributed by atoms with Gasteiger partial charge in [0, 0.05) is 12.7 Å². The monoisotopic (exact) mass is 336 g/mol.